The lowest BCUT2D eigenvalue weighted by molar-refractivity contribution is 0.363. The Morgan fingerprint density at radius 3 is 2.42 bits per heavy atom. The lowest BCUT2D eigenvalue weighted by Gasteiger charge is -2.21. The van der Waals surface area contributed by atoms with Gasteiger partial charge in [0.15, 0.2) is 0 Å². The summed E-state index contributed by atoms with van der Waals surface area (Å²) in [6.45, 7) is 9.10. The molecule has 0 saturated heterocycles. The molecule has 0 spiro atoms. The summed E-state index contributed by atoms with van der Waals surface area (Å²) in [4.78, 5) is 0. The zero-order chi connectivity index (χ0) is 14.1. The van der Waals surface area contributed by atoms with Gasteiger partial charge in [0.1, 0.15) is 0 Å². The Hall–Kier alpha value is -0.530. The van der Waals surface area contributed by atoms with Crippen LogP contribution in [0.15, 0.2) is 24.3 Å². The second kappa shape index (κ2) is 9.39. The van der Waals surface area contributed by atoms with Gasteiger partial charge in [-0.1, -0.05) is 50.9 Å². The molecule has 0 bridgehead atoms. The van der Waals surface area contributed by atoms with E-state index in [0.717, 1.165) is 36.4 Å². The highest BCUT2D eigenvalue weighted by atomic mass is 35.5. The van der Waals surface area contributed by atoms with E-state index in [0.29, 0.717) is 0 Å². The molecule has 0 heterocycles. The molecule has 1 N–H and O–H groups in total. The van der Waals surface area contributed by atoms with Crippen LogP contribution < -0.4 is 5.32 Å². The van der Waals surface area contributed by atoms with E-state index < -0.39 is 0 Å². The van der Waals surface area contributed by atoms with Gasteiger partial charge in [0.2, 0.25) is 0 Å². The monoisotopic (exact) mass is 281 g/mol. The van der Waals surface area contributed by atoms with Gasteiger partial charge in [0, 0.05) is 5.02 Å². The normalized spacial score (nSPS) is 14.3. The standard InChI is InChI=1S/C17H28ClN/c1-4-10-19-13-16(11-14(3)5-2)12-15-6-8-17(18)9-7-15/h6-9,14,16,19H,4-5,10-13H2,1-3H3. The molecule has 0 aliphatic carbocycles. The van der Waals surface area contributed by atoms with Crippen molar-refractivity contribution < 1.29 is 0 Å². The first kappa shape index (κ1) is 16.5. The summed E-state index contributed by atoms with van der Waals surface area (Å²) in [5, 5.41) is 4.40. The third-order valence-electron chi connectivity index (χ3n) is 3.73. The maximum Gasteiger partial charge on any atom is 0.0406 e. The third kappa shape index (κ3) is 6.98. The van der Waals surface area contributed by atoms with Crippen LogP contribution in [0.3, 0.4) is 0 Å². The molecule has 0 radical (unpaired) electrons. The summed E-state index contributed by atoms with van der Waals surface area (Å²) in [5.41, 5.74) is 1.40. The fourth-order valence-electron chi connectivity index (χ4n) is 2.41. The molecular weight excluding hydrogens is 254 g/mol. The maximum atomic E-state index is 5.95. The molecule has 2 atom stereocenters. The van der Waals surface area contributed by atoms with Crippen molar-refractivity contribution in [3.8, 4) is 0 Å². The van der Waals surface area contributed by atoms with Gasteiger partial charge >= 0.3 is 0 Å². The second-order valence-electron chi connectivity index (χ2n) is 5.65. The number of hydrogen-bond acceptors (Lipinski definition) is 1. The summed E-state index contributed by atoms with van der Waals surface area (Å²) in [6, 6.07) is 8.31. The fourth-order valence-corrected chi connectivity index (χ4v) is 2.54. The van der Waals surface area contributed by atoms with Crippen LogP contribution in [0.25, 0.3) is 0 Å². The molecule has 1 aromatic carbocycles. The number of benzene rings is 1. The molecular formula is C17H28ClN. The van der Waals surface area contributed by atoms with Crippen LogP contribution in [0, 0.1) is 11.8 Å². The molecule has 19 heavy (non-hydrogen) atoms. The van der Waals surface area contributed by atoms with Crippen molar-refractivity contribution >= 4 is 11.6 Å². The summed E-state index contributed by atoms with van der Waals surface area (Å²) >= 11 is 5.95. The summed E-state index contributed by atoms with van der Waals surface area (Å²) in [6.07, 6.45) is 4.93. The number of halogens is 1. The Bertz CT molecular complexity index is 334. The van der Waals surface area contributed by atoms with Gasteiger partial charge in [-0.25, -0.2) is 0 Å². The van der Waals surface area contributed by atoms with Crippen molar-refractivity contribution in [2.75, 3.05) is 13.1 Å². The molecule has 0 fully saturated rings. The lowest BCUT2D eigenvalue weighted by Crippen LogP contribution is -2.26. The van der Waals surface area contributed by atoms with E-state index in [4.69, 9.17) is 11.6 Å². The number of hydrogen-bond donors (Lipinski definition) is 1. The van der Waals surface area contributed by atoms with Crippen LogP contribution in [0.1, 0.15) is 45.6 Å². The van der Waals surface area contributed by atoms with E-state index in [9.17, 15) is 0 Å². The van der Waals surface area contributed by atoms with Crippen LogP contribution in [-0.2, 0) is 6.42 Å². The molecule has 0 aliphatic rings. The first-order valence-corrected chi connectivity index (χ1v) is 7.98. The average molecular weight is 282 g/mol. The van der Waals surface area contributed by atoms with E-state index in [1.807, 2.05) is 12.1 Å². The SMILES string of the molecule is CCCNCC(Cc1ccc(Cl)cc1)CC(C)CC. The highest BCUT2D eigenvalue weighted by Gasteiger charge is 2.13. The third-order valence-corrected chi connectivity index (χ3v) is 3.98. The Morgan fingerprint density at radius 2 is 1.84 bits per heavy atom. The highest BCUT2D eigenvalue weighted by Crippen LogP contribution is 2.20. The largest absolute Gasteiger partial charge is 0.316 e. The van der Waals surface area contributed by atoms with Crippen molar-refractivity contribution in [3.05, 3.63) is 34.9 Å². The Morgan fingerprint density at radius 1 is 1.16 bits per heavy atom. The van der Waals surface area contributed by atoms with Crippen molar-refractivity contribution in [1.29, 1.82) is 0 Å². The maximum absolute atomic E-state index is 5.95. The Labute approximate surface area is 123 Å². The number of rotatable bonds is 9. The molecule has 108 valence electrons. The van der Waals surface area contributed by atoms with Gasteiger partial charge < -0.3 is 5.32 Å². The predicted molar refractivity (Wildman–Crippen MR) is 85.9 cm³/mol. The molecule has 0 amide bonds. The topological polar surface area (TPSA) is 12.0 Å². The molecule has 0 saturated carbocycles. The molecule has 2 heteroatoms. The molecule has 1 nitrogen and oxygen atoms in total. The van der Waals surface area contributed by atoms with Gasteiger partial charge in [0.05, 0.1) is 0 Å². The van der Waals surface area contributed by atoms with Gasteiger partial charge in [-0.2, -0.15) is 0 Å². The lowest BCUT2D eigenvalue weighted by atomic mass is 9.89. The van der Waals surface area contributed by atoms with E-state index in [1.54, 1.807) is 0 Å². The van der Waals surface area contributed by atoms with Gasteiger partial charge in [-0.3, -0.25) is 0 Å². The fraction of sp³-hybridized carbons (Fsp3) is 0.647. The van der Waals surface area contributed by atoms with Crippen LogP contribution >= 0.6 is 11.6 Å². The second-order valence-corrected chi connectivity index (χ2v) is 6.09. The van der Waals surface area contributed by atoms with Gasteiger partial charge in [-0.05, 0) is 61.9 Å². The van der Waals surface area contributed by atoms with Crippen LogP contribution in [0.2, 0.25) is 5.02 Å². The molecule has 1 rings (SSSR count). The average Bonchev–Trinajstić information content (AvgIpc) is 2.41. The predicted octanol–water partition coefficient (Wildman–Crippen LogP) is 4.93. The summed E-state index contributed by atoms with van der Waals surface area (Å²) < 4.78 is 0. The smallest absolute Gasteiger partial charge is 0.0406 e. The van der Waals surface area contributed by atoms with Crippen molar-refractivity contribution in [2.45, 2.75) is 46.5 Å². The first-order chi connectivity index (χ1) is 9.15. The zero-order valence-electron chi connectivity index (χ0n) is 12.6. The zero-order valence-corrected chi connectivity index (χ0v) is 13.3. The molecule has 0 aromatic heterocycles. The molecule has 0 aliphatic heterocycles. The van der Waals surface area contributed by atoms with Gasteiger partial charge in [-0.15, -0.1) is 0 Å². The molecule has 1 aromatic rings. The van der Waals surface area contributed by atoms with E-state index in [2.05, 4.69) is 38.2 Å². The van der Waals surface area contributed by atoms with Crippen LogP contribution in [-0.4, -0.2) is 13.1 Å². The van der Waals surface area contributed by atoms with Crippen molar-refractivity contribution in [3.63, 3.8) is 0 Å². The Kier molecular flexibility index (Phi) is 8.16. The van der Waals surface area contributed by atoms with Crippen LogP contribution in [0.5, 0.6) is 0 Å². The Balaban J connectivity index is 2.53. The minimum Gasteiger partial charge on any atom is -0.316 e. The number of nitrogens with one attached hydrogen (secondary N) is 1. The highest BCUT2D eigenvalue weighted by molar-refractivity contribution is 6.30. The van der Waals surface area contributed by atoms with Crippen molar-refractivity contribution in [1.82, 2.24) is 5.32 Å². The van der Waals surface area contributed by atoms with E-state index in [-0.39, 0.29) is 0 Å². The minimum absolute atomic E-state index is 0.725. The molecule has 2 unspecified atom stereocenters. The quantitative estimate of drug-likeness (QED) is 0.633. The van der Waals surface area contributed by atoms with E-state index >= 15 is 0 Å². The summed E-state index contributed by atoms with van der Waals surface area (Å²) in [7, 11) is 0. The van der Waals surface area contributed by atoms with Gasteiger partial charge in [0.25, 0.3) is 0 Å². The van der Waals surface area contributed by atoms with Crippen LogP contribution in [0.4, 0.5) is 0 Å². The summed E-state index contributed by atoms with van der Waals surface area (Å²) in [5.74, 6) is 1.53. The minimum atomic E-state index is 0.725. The van der Waals surface area contributed by atoms with E-state index in [1.165, 1.54) is 24.8 Å². The van der Waals surface area contributed by atoms with Crippen molar-refractivity contribution in [2.24, 2.45) is 11.8 Å². The first-order valence-electron chi connectivity index (χ1n) is 7.60.